The Morgan fingerprint density at radius 1 is 1.25 bits per heavy atom. The fraction of sp³-hybridized carbons (Fsp3) is 0.550. The number of nitrogens with two attached hydrogens (primary N) is 1. The van der Waals surface area contributed by atoms with E-state index in [4.69, 9.17) is 10.5 Å². The van der Waals surface area contributed by atoms with Gasteiger partial charge in [-0.2, -0.15) is 5.10 Å². The third-order valence-corrected chi connectivity index (χ3v) is 5.56. The topological polar surface area (TPSA) is 89.5 Å². The van der Waals surface area contributed by atoms with Crippen molar-refractivity contribution in [2.75, 3.05) is 38.5 Å². The molecular formula is C20H28N6O2. The van der Waals surface area contributed by atoms with Crippen molar-refractivity contribution in [1.29, 1.82) is 0 Å². The highest BCUT2D eigenvalue weighted by Crippen LogP contribution is 2.31. The second-order valence-electron chi connectivity index (χ2n) is 7.61. The van der Waals surface area contributed by atoms with E-state index in [9.17, 15) is 4.79 Å². The normalized spacial score (nSPS) is 23.7. The number of carbonyl (C=O) groups excluding carboxylic acids is 1. The van der Waals surface area contributed by atoms with Gasteiger partial charge >= 0.3 is 0 Å². The first kappa shape index (κ1) is 18.9. The minimum Gasteiger partial charge on any atom is -0.384 e. The van der Waals surface area contributed by atoms with Crippen LogP contribution in [-0.2, 0) is 11.8 Å². The maximum atomic E-state index is 13.3. The van der Waals surface area contributed by atoms with Gasteiger partial charge in [-0.1, -0.05) is 12.5 Å². The average molecular weight is 384 g/mol. The SMILES string of the molecule is Cn1cc([C@H]2[C@H](CN3CCCCC3)OCCN2C(=O)c2cccc(N)n2)cn1. The van der Waals surface area contributed by atoms with E-state index in [-0.39, 0.29) is 18.1 Å². The van der Waals surface area contributed by atoms with Gasteiger partial charge in [0.1, 0.15) is 11.5 Å². The van der Waals surface area contributed by atoms with Crippen molar-refractivity contribution in [2.45, 2.75) is 31.4 Å². The van der Waals surface area contributed by atoms with E-state index in [1.165, 1.54) is 19.3 Å². The number of likely N-dealkylation sites (tertiary alicyclic amines) is 1. The van der Waals surface area contributed by atoms with Crippen LogP contribution in [0.3, 0.4) is 0 Å². The molecule has 2 aromatic rings. The molecule has 150 valence electrons. The molecule has 1 amide bonds. The van der Waals surface area contributed by atoms with E-state index in [1.54, 1.807) is 22.9 Å². The third-order valence-electron chi connectivity index (χ3n) is 5.56. The number of carbonyl (C=O) groups is 1. The predicted octanol–water partition coefficient (Wildman–Crippen LogP) is 1.47. The number of anilines is 1. The Labute approximate surface area is 165 Å². The third kappa shape index (κ3) is 4.02. The summed E-state index contributed by atoms with van der Waals surface area (Å²) >= 11 is 0. The number of ether oxygens (including phenoxy) is 1. The van der Waals surface area contributed by atoms with Crippen LogP contribution >= 0.6 is 0 Å². The molecule has 0 aliphatic carbocycles. The molecule has 2 atom stereocenters. The van der Waals surface area contributed by atoms with Gasteiger partial charge in [-0.15, -0.1) is 0 Å². The van der Waals surface area contributed by atoms with Crippen LogP contribution in [0, 0.1) is 0 Å². The maximum Gasteiger partial charge on any atom is 0.273 e. The first-order valence-electron chi connectivity index (χ1n) is 9.98. The van der Waals surface area contributed by atoms with E-state index < -0.39 is 0 Å². The quantitative estimate of drug-likeness (QED) is 0.859. The van der Waals surface area contributed by atoms with E-state index >= 15 is 0 Å². The van der Waals surface area contributed by atoms with Crippen LogP contribution in [-0.4, -0.2) is 69.4 Å². The van der Waals surface area contributed by atoms with Crippen molar-refractivity contribution in [3.63, 3.8) is 0 Å². The number of nitrogen functional groups attached to an aromatic ring is 1. The molecule has 0 unspecified atom stereocenters. The lowest BCUT2D eigenvalue weighted by Crippen LogP contribution is -2.52. The Hall–Kier alpha value is -2.45. The van der Waals surface area contributed by atoms with Crippen molar-refractivity contribution in [3.8, 4) is 0 Å². The lowest BCUT2D eigenvalue weighted by Gasteiger charge is -2.43. The standard InChI is InChI=1S/C20H28N6O2/c1-24-13-15(12-22-24)19-17(14-25-8-3-2-4-9-25)28-11-10-26(19)20(27)16-6-5-7-18(21)23-16/h5-7,12-13,17,19H,2-4,8-11,14H2,1H3,(H2,21,23)/t17-,19-/m0/s1. The molecule has 2 saturated heterocycles. The molecule has 2 aliphatic heterocycles. The van der Waals surface area contributed by atoms with Crippen molar-refractivity contribution in [1.82, 2.24) is 24.6 Å². The zero-order valence-electron chi connectivity index (χ0n) is 16.3. The Balaban J connectivity index is 1.62. The summed E-state index contributed by atoms with van der Waals surface area (Å²) in [6.45, 7) is 4.02. The second kappa shape index (κ2) is 8.28. The second-order valence-corrected chi connectivity index (χ2v) is 7.61. The summed E-state index contributed by atoms with van der Waals surface area (Å²) in [7, 11) is 1.89. The maximum absolute atomic E-state index is 13.3. The highest BCUT2D eigenvalue weighted by Gasteiger charge is 2.38. The summed E-state index contributed by atoms with van der Waals surface area (Å²) < 4.78 is 7.95. The van der Waals surface area contributed by atoms with Crippen LogP contribution < -0.4 is 5.73 Å². The number of pyridine rings is 1. The minimum atomic E-state index is -0.194. The number of piperidine rings is 1. The number of morpholine rings is 1. The summed E-state index contributed by atoms with van der Waals surface area (Å²) in [5.41, 5.74) is 7.16. The number of rotatable bonds is 4. The van der Waals surface area contributed by atoms with Crippen LogP contribution in [0.25, 0.3) is 0 Å². The number of aromatic nitrogens is 3. The van der Waals surface area contributed by atoms with Gasteiger partial charge in [0.05, 0.1) is 24.9 Å². The predicted molar refractivity (Wildman–Crippen MR) is 106 cm³/mol. The van der Waals surface area contributed by atoms with E-state index in [1.807, 2.05) is 24.3 Å². The molecule has 2 fully saturated rings. The molecular weight excluding hydrogens is 356 g/mol. The van der Waals surface area contributed by atoms with Crippen molar-refractivity contribution in [3.05, 3.63) is 41.9 Å². The molecule has 2 N–H and O–H groups in total. The van der Waals surface area contributed by atoms with Gasteiger partial charge < -0.3 is 20.3 Å². The molecule has 28 heavy (non-hydrogen) atoms. The smallest absolute Gasteiger partial charge is 0.273 e. The zero-order valence-corrected chi connectivity index (χ0v) is 16.3. The fourth-order valence-electron chi connectivity index (χ4n) is 4.22. The van der Waals surface area contributed by atoms with Crippen LogP contribution in [0.2, 0.25) is 0 Å². The zero-order chi connectivity index (χ0) is 19.5. The molecule has 0 radical (unpaired) electrons. The van der Waals surface area contributed by atoms with Gasteiger partial charge in [0.2, 0.25) is 0 Å². The summed E-state index contributed by atoms with van der Waals surface area (Å²) in [5.74, 6) is 0.231. The number of nitrogens with zero attached hydrogens (tertiary/aromatic N) is 5. The van der Waals surface area contributed by atoms with Crippen LogP contribution in [0.5, 0.6) is 0 Å². The Morgan fingerprint density at radius 3 is 2.79 bits per heavy atom. The lowest BCUT2D eigenvalue weighted by molar-refractivity contribution is -0.0743. The average Bonchev–Trinajstić information content (AvgIpc) is 3.14. The summed E-state index contributed by atoms with van der Waals surface area (Å²) in [4.78, 5) is 21.8. The Morgan fingerprint density at radius 2 is 2.07 bits per heavy atom. The molecule has 8 heteroatoms. The molecule has 0 spiro atoms. The van der Waals surface area contributed by atoms with Crippen LogP contribution in [0.15, 0.2) is 30.6 Å². The lowest BCUT2D eigenvalue weighted by atomic mass is 9.99. The largest absolute Gasteiger partial charge is 0.384 e. The van der Waals surface area contributed by atoms with Crippen LogP contribution in [0.1, 0.15) is 41.4 Å². The van der Waals surface area contributed by atoms with Gasteiger partial charge in [0.25, 0.3) is 5.91 Å². The van der Waals surface area contributed by atoms with Crippen molar-refractivity contribution >= 4 is 11.7 Å². The summed E-state index contributed by atoms with van der Waals surface area (Å²) in [6.07, 6.45) is 7.44. The molecule has 4 rings (SSSR count). The summed E-state index contributed by atoms with van der Waals surface area (Å²) in [5, 5.41) is 4.33. The highest BCUT2D eigenvalue weighted by molar-refractivity contribution is 5.93. The van der Waals surface area contributed by atoms with Crippen molar-refractivity contribution < 1.29 is 9.53 Å². The number of hydrogen-bond acceptors (Lipinski definition) is 6. The van der Waals surface area contributed by atoms with Crippen LogP contribution in [0.4, 0.5) is 5.82 Å². The van der Waals surface area contributed by atoms with Gasteiger partial charge in [-0.3, -0.25) is 9.48 Å². The minimum absolute atomic E-state index is 0.0962. The number of hydrogen-bond donors (Lipinski definition) is 1. The molecule has 2 aliphatic rings. The molecule has 8 nitrogen and oxygen atoms in total. The van der Waals surface area contributed by atoms with Gasteiger partial charge in [0, 0.05) is 31.9 Å². The molecule has 4 heterocycles. The van der Waals surface area contributed by atoms with Gasteiger partial charge in [-0.25, -0.2) is 4.98 Å². The molecule has 0 bridgehead atoms. The number of amides is 1. The molecule has 0 saturated carbocycles. The van der Waals surface area contributed by atoms with Gasteiger partial charge in [-0.05, 0) is 38.1 Å². The van der Waals surface area contributed by atoms with E-state index in [0.717, 1.165) is 25.2 Å². The first-order chi connectivity index (χ1) is 13.6. The first-order valence-corrected chi connectivity index (χ1v) is 9.98. The van der Waals surface area contributed by atoms with Crippen molar-refractivity contribution in [2.24, 2.45) is 7.05 Å². The number of aryl methyl sites for hydroxylation is 1. The van der Waals surface area contributed by atoms with E-state index in [0.29, 0.717) is 24.7 Å². The van der Waals surface area contributed by atoms with E-state index in [2.05, 4.69) is 15.0 Å². The Bertz CT molecular complexity index is 817. The highest BCUT2D eigenvalue weighted by atomic mass is 16.5. The molecule has 0 aromatic carbocycles. The monoisotopic (exact) mass is 384 g/mol. The fourth-order valence-corrected chi connectivity index (χ4v) is 4.22. The Kier molecular flexibility index (Phi) is 5.59. The van der Waals surface area contributed by atoms with Gasteiger partial charge in [0.15, 0.2) is 0 Å². The summed E-state index contributed by atoms with van der Waals surface area (Å²) in [6, 6.07) is 4.97. The molecule has 2 aromatic heterocycles.